The number of carboxylic acids is 1. The monoisotopic (exact) mass is 424 g/mol. The number of halogens is 2. The van der Waals surface area contributed by atoms with Crippen molar-refractivity contribution < 1.29 is 9.90 Å². The van der Waals surface area contributed by atoms with E-state index in [0.717, 1.165) is 5.56 Å². The molecule has 2 heterocycles. The number of aliphatic carboxylic acids is 1. The Morgan fingerprint density at radius 3 is 2.63 bits per heavy atom. The average Bonchev–Trinajstić information content (AvgIpc) is 2.94. The lowest BCUT2D eigenvalue weighted by Crippen LogP contribution is -2.24. The van der Waals surface area contributed by atoms with Crippen molar-refractivity contribution in [3.05, 3.63) is 60.4 Å². The van der Waals surface area contributed by atoms with Gasteiger partial charge in [-0.05, 0) is 44.0 Å². The summed E-state index contributed by atoms with van der Waals surface area (Å²) >= 11 is 13.3. The zero-order valence-corrected chi connectivity index (χ0v) is 17.4. The number of aryl methyl sites for hydroxylation is 1. The van der Waals surface area contributed by atoms with Crippen LogP contribution in [0.25, 0.3) is 10.2 Å². The third kappa shape index (κ3) is 3.61. The number of hydrogen-bond donors (Lipinski definition) is 1. The summed E-state index contributed by atoms with van der Waals surface area (Å²) in [6, 6.07) is 5.33. The fraction of sp³-hybridized carbons (Fsp3) is 0.316. The molecule has 3 aromatic rings. The molecular formula is C19H18Cl2N2O3S. The molecule has 0 fully saturated rings. The van der Waals surface area contributed by atoms with Crippen LogP contribution in [0.2, 0.25) is 10.0 Å². The summed E-state index contributed by atoms with van der Waals surface area (Å²) < 4.78 is 1.62. The Balaban J connectivity index is 2.17. The number of hydrogen-bond acceptors (Lipinski definition) is 4. The second kappa shape index (κ2) is 7.62. The molecule has 0 radical (unpaired) electrons. The van der Waals surface area contributed by atoms with Crippen LogP contribution >= 0.6 is 34.5 Å². The third-order valence-corrected chi connectivity index (χ3v) is 6.70. The highest BCUT2D eigenvalue weighted by molar-refractivity contribution is 7.19. The van der Waals surface area contributed by atoms with Crippen molar-refractivity contribution >= 4 is 50.7 Å². The van der Waals surface area contributed by atoms with Gasteiger partial charge in [0.1, 0.15) is 10.7 Å². The van der Waals surface area contributed by atoms with Crippen LogP contribution in [0.4, 0.5) is 0 Å². The largest absolute Gasteiger partial charge is 0.481 e. The molecular weight excluding hydrogens is 407 g/mol. The molecule has 3 rings (SSSR count). The van der Waals surface area contributed by atoms with E-state index in [9.17, 15) is 14.7 Å². The molecule has 1 aromatic carbocycles. The summed E-state index contributed by atoms with van der Waals surface area (Å²) in [7, 11) is 0. The maximum atomic E-state index is 13.1. The van der Waals surface area contributed by atoms with Gasteiger partial charge in [-0.2, -0.15) is 0 Å². The Hall–Kier alpha value is -1.89. The SMILES string of the molecule is CCn1c(Cc2ccc(Cl)c(Cl)c2)nc2sc(C(C)C(=O)O)c(C)c2c1=O. The number of carbonyl (C=O) groups is 1. The minimum Gasteiger partial charge on any atom is -0.481 e. The standard InChI is InChI=1S/C19H18Cl2N2O3S/c1-4-23-14(8-11-5-6-12(20)13(21)7-11)22-17-15(18(23)24)9(2)16(27-17)10(3)19(25)26/h5-7,10H,4,8H2,1-3H3,(H,25,26). The van der Waals surface area contributed by atoms with E-state index in [0.29, 0.717) is 49.5 Å². The average molecular weight is 425 g/mol. The van der Waals surface area contributed by atoms with Crippen molar-refractivity contribution in [2.24, 2.45) is 0 Å². The van der Waals surface area contributed by atoms with Crippen LogP contribution in [0.1, 0.15) is 41.6 Å². The lowest BCUT2D eigenvalue weighted by Gasteiger charge is -2.11. The van der Waals surface area contributed by atoms with Crippen molar-refractivity contribution in [2.45, 2.75) is 39.7 Å². The van der Waals surface area contributed by atoms with Crippen molar-refractivity contribution in [2.75, 3.05) is 0 Å². The second-order valence-electron chi connectivity index (χ2n) is 6.33. The molecule has 0 spiro atoms. The number of aromatic nitrogens is 2. The number of nitrogens with zero attached hydrogens (tertiary/aromatic N) is 2. The normalized spacial score (nSPS) is 12.5. The fourth-order valence-corrected chi connectivity index (χ4v) is 4.65. The van der Waals surface area contributed by atoms with Gasteiger partial charge in [0.05, 0.1) is 21.3 Å². The Morgan fingerprint density at radius 1 is 1.33 bits per heavy atom. The van der Waals surface area contributed by atoms with Gasteiger partial charge in [-0.3, -0.25) is 14.2 Å². The highest BCUT2D eigenvalue weighted by atomic mass is 35.5. The van der Waals surface area contributed by atoms with Gasteiger partial charge in [-0.15, -0.1) is 11.3 Å². The number of carboxylic acid groups (broad SMARTS) is 1. The predicted octanol–water partition coefficient (Wildman–Crippen LogP) is 4.87. The van der Waals surface area contributed by atoms with Gasteiger partial charge in [0, 0.05) is 17.8 Å². The highest BCUT2D eigenvalue weighted by Crippen LogP contribution is 2.33. The van der Waals surface area contributed by atoms with E-state index in [1.807, 2.05) is 13.0 Å². The van der Waals surface area contributed by atoms with Gasteiger partial charge < -0.3 is 5.11 Å². The first-order valence-corrected chi connectivity index (χ1v) is 10.0. The van der Waals surface area contributed by atoms with Crippen LogP contribution in [0.3, 0.4) is 0 Å². The van der Waals surface area contributed by atoms with Crippen LogP contribution in [-0.2, 0) is 17.8 Å². The molecule has 5 nitrogen and oxygen atoms in total. The Morgan fingerprint density at radius 2 is 2.04 bits per heavy atom. The molecule has 142 valence electrons. The summed E-state index contributed by atoms with van der Waals surface area (Å²) in [6.07, 6.45) is 0.427. The molecule has 8 heteroatoms. The fourth-order valence-electron chi connectivity index (χ4n) is 3.09. The molecule has 1 unspecified atom stereocenters. The van der Waals surface area contributed by atoms with Gasteiger partial charge in [0.2, 0.25) is 0 Å². The Labute approximate surface area is 170 Å². The molecule has 0 aliphatic rings. The topological polar surface area (TPSA) is 72.2 Å². The van der Waals surface area contributed by atoms with Gasteiger partial charge in [0.15, 0.2) is 0 Å². The number of fused-ring (bicyclic) bond motifs is 1. The van der Waals surface area contributed by atoms with E-state index in [-0.39, 0.29) is 5.56 Å². The maximum Gasteiger partial charge on any atom is 0.311 e. The molecule has 2 aromatic heterocycles. The minimum absolute atomic E-state index is 0.143. The zero-order valence-electron chi connectivity index (χ0n) is 15.0. The highest BCUT2D eigenvalue weighted by Gasteiger charge is 2.24. The molecule has 0 aliphatic carbocycles. The first-order chi connectivity index (χ1) is 12.7. The lowest BCUT2D eigenvalue weighted by molar-refractivity contribution is -0.138. The molecule has 27 heavy (non-hydrogen) atoms. The molecule has 0 saturated heterocycles. The second-order valence-corrected chi connectivity index (χ2v) is 8.18. The lowest BCUT2D eigenvalue weighted by atomic mass is 10.1. The van der Waals surface area contributed by atoms with Crippen LogP contribution in [0, 0.1) is 6.92 Å². The first-order valence-electron chi connectivity index (χ1n) is 8.44. The summed E-state index contributed by atoms with van der Waals surface area (Å²) in [5.74, 6) is -0.988. The summed E-state index contributed by atoms with van der Waals surface area (Å²) in [6.45, 7) is 5.76. The quantitative estimate of drug-likeness (QED) is 0.633. The Bertz CT molecular complexity index is 1100. The first kappa shape index (κ1) is 19.9. The molecule has 0 bridgehead atoms. The zero-order chi connectivity index (χ0) is 19.9. The van der Waals surface area contributed by atoms with E-state index in [2.05, 4.69) is 4.98 Å². The summed E-state index contributed by atoms with van der Waals surface area (Å²) in [4.78, 5) is 30.4. The van der Waals surface area contributed by atoms with E-state index < -0.39 is 11.9 Å². The molecule has 0 saturated carbocycles. The summed E-state index contributed by atoms with van der Waals surface area (Å²) in [5.41, 5.74) is 1.45. The van der Waals surface area contributed by atoms with E-state index in [1.54, 1.807) is 30.5 Å². The number of rotatable bonds is 5. The smallest absolute Gasteiger partial charge is 0.311 e. The third-order valence-electron chi connectivity index (χ3n) is 4.59. The number of thiophene rings is 1. The van der Waals surface area contributed by atoms with Gasteiger partial charge in [-0.25, -0.2) is 4.98 Å². The predicted molar refractivity (Wildman–Crippen MR) is 110 cm³/mol. The minimum atomic E-state index is -0.920. The molecule has 1 N–H and O–H groups in total. The van der Waals surface area contributed by atoms with Crippen LogP contribution in [-0.4, -0.2) is 20.6 Å². The molecule has 0 aliphatic heterocycles. The van der Waals surface area contributed by atoms with Crippen molar-refractivity contribution in [3.8, 4) is 0 Å². The Kier molecular flexibility index (Phi) is 5.60. The van der Waals surface area contributed by atoms with Crippen molar-refractivity contribution in [1.82, 2.24) is 9.55 Å². The van der Waals surface area contributed by atoms with E-state index in [1.165, 1.54) is 11.3 Å². The van der Waals surface area contributed by atoms with E-state index in [4.69, 9.17) is 23.2 Å². The number of benzene rings is 1. The van der Waals surface area contributed by atoms with Crippen LogP contribution in [0.5, 0.6) is 0 Å². The van der Waals surface area contributed by atoms with Crippen molar-refractivity contribution in [1.29, 1.82) is 0 Å². The molecule has 0 amide bonds. The van der Waals surface area contributed by atoms with Crippen LogP contribution < -0.4 is 5.56 Å². The van der Waals surface area contributed by atoms with Gasteiger partial charge in [-0.1, -0.05) is 29.3 Å². The van der Waals surface area contributed by atoms with Crippen LogP contribution in [0.15, 0.2) is 23.0 Å². The van der Waals surface area contributed by atoms with Crippen molar-refractivity contribution in [3.63, 3.8) is 0 Å². The molecule has 1 atom stereocenters. The van der Waals surface area contributed by atoms with Gasteiger partial charge >= 0.3 is 5.97 Å². The summed E-state index contributed by atoms with van der Waals surface area (Å²) in [5, 5.41) is 10.8. The maximum absolute atomic E-state index is 13.1. The van der Waals surface area contributed by atoms with E-state index >= 15 is 0 Å². The van der Waals surface area contributed by atoms with Gasteiger partial charge in [0.25, 0.3) is 5.56 Å².